The molecule has 0 spiro atoms. The molecule has 3 heterocycles. The Morgan fingerprint density at radius 2 is 1.59 bits per heavy atom. The average Bonchev–Trinajstić information content (AvgIpc) is 2.85. The molecule has 4 rings (SSSR count). The zero-order valence-corrected chi connectivity index (χ0v) is 19.0. The number of hydrogen-bond acceptors (Lipinski definition) is 6. The summed E-state index contributed by atoms with van der Waals surface area (Å²) in [4.78, 5) is 23.3. The molecule has 1 aromatic carbocycles. The fraction of sp³-hybridized carbons (Fsp3) is 0.520. The molecule has 2 fully saturated rings. The first-order chi connectivity index (χ1) is 15.7. The highest BCUT2D eigenvalue weighted by atomic mass is 16.5. The van der Waals surface area contributed by atoms with Gasteiger partial charge in [-0.1, -0.05) is 6.07 Å². The molecule has 172 valence electrons. The Balaban J connectivity index is 1.25. The van der Waals surface area contributed by atoms with Gasteiger partial charge in [0.25, 0.3) is 0 Å². The molecular weight excluding hydrogens is 404 g/mol. The second-order valence-corrected chi connectivity index (χ2v) is 8.62. The highest BCUT2D eigenvalue weighted by Crippen LogP contribution is 2.29. The van der Waals surface area contributed by atoms with Crippen LogP contribution in [0, 0.1) is 0 Å². The van der Waals surface area contributed by atoms with Gasteiger partial charge in [0.15, 0.2) is 11.5 Å². The Morgan fingerprint density at radius 1 is 0.875 bits per heavy atom. The number of pyridine rings is 1. The van der Waals surface area contributed by atoms with Gasteiger partial charge in [-0.2, -0.15) is 0 Å². The van der Waals surface area contributed by atoms with Crippen LogP contribution in [0.25, 0.3) is 0 Å². The summed E-state index contributed by atoms with van der Waals surface area (Å²) in [5.74, 6) is 1.79. The van der Waals surface area contributed by atoms with E-state index < -0.39 is 0 Å². The number of hydrogen-bond donors (Lipinski definition) is 0. The number of benzene rings is 1. The normalized spacial score (nSPS) is 17.8. The average molecular weight is 439 g/mol. The lowest BCUT2D eigenvalue weighted by atomic mass is 10.1. The molecular formula is C25H34N4O3. The van der Waals surface area contributed by atoms with Crippen LogP contribution in [0.3, 0.4) is 0 Å². The number of carbonyl (C=O) groups excluding carboxylic acids is 1. The number of likely N-dealkylation sites (tertiary alicyclic amines) is 1. The van der Waals surface area contributed by atoms with Crippen LogP contribution in [0.15, 0.2) is 42.7 Å². The first-order valence-electron chi connectivity index (χ1n) is 11.6. The van der Waals surface area contributed by atoms with Crippen molar-refractivity contribution in [3.05, 3.63) is 53.9 Å². The zero-order valence-electron chi connectivity index (χ0n) is 19.0. The van der Waals surface area contributed by atoms with Gasteiger partial charge in [0.05, 0.1) is 13.7 Å². The highest BCUT2D eigenvalue weighted by Gasteiger charge is 2.23. The van der Waals surface area contributed by atoms with Crippen molar-refractivity contribution in [3.63, 3.8) is 0 Å². The van der Waals surface area contributed by atoms with Gasteiger partial charge >= 0.3 is 0 Å². The summed E-state index contributed by atoms with van der Waals surface area (Å²) in [5.41, 5.74) is 2.28. The molecule has 0 aliphatic carbocycles. The molecule has 7 heteroatoms. The zero-order chi connectivity index (χ0) is 22.2. The van der Waals surface area contributed by atoms with E-state index >= 15 is 0 Å². The monoisotopic (exact) mass is 438 g/mol. The lowest BCUT2D eigenvalue weighted by Gasteiger charge is -2.36. The van der Waals surface area contributed by atoms with Gasteiger partial charge in [-0.3, -0.25) is 19.6 Å². The van der Waals surface area contributed by atoms with Crippen molar-refractivity contribution in [2.75, 3.05) is 52.9 Å². The number of ether oxygens (including phenoxy) is 2. The number of methoxy groups -OCH3 is 1. The van der Waals surface area contributed by atoms with Crippen molar-refractivity contribution in [2.45, 2.75) is 32.4 Å². The standard InChI is InChI=1S/C25H34N4O3/c1-31-24-17-22(5-6-23(24)32-20-21-7-9-26-10-8-21)18-27-13-15-28(16-14-27)19-25(30)29-11-3-2-4-12-29/h5-10,17H,2-4,11-16,18-20H2,1H3. The van der Waals surface area contributed by atoms with Gasteiger partial charge in [-0.25, -0.2) is 0 Å². The topological polar surface area (TPSA) is 58.1 Å². The summed E-state index contributed by atoms with van der Waals surface area (Å²) in [6.45, 7) is 7.58. The second-order valence-electron chi connectivity index (χ2n) is 8.62. The molecule has 0 saturated carbocycles. The fourth-order valence-electron chi connectivity index (χ4n) is 4.37. The fourth-order valence-corrected chi connectivity index (χ4v) is 4.37. The molecule has 2 saturated heterocycles. The maximum Gasteiger partial charge on any atom is 0.236 e. The number of rotatable bonds is 8. The third-order valence-electron chi connectivity index (χ3n) is 6.31. The van der Waals surface area contributed by atoms with Crippen LogP contribution in [0.5, 0.6) is 11.5 Å². The minimum atomic E-state index is 0.297. The first kappa shape index (κ1) is 22.6. The molecule has 1 aromatic heterocycles. The molecule has 0 unspecified atom stereocenters. The molecule has 7 nitrogen and oxygen atoms in total. The van der Waals surface area contributed by atoms with Crippen molar-refractivity contribution in [1.29, 1.82) is 0 Å². The number of amides is 1. The molecule has 2 aliphatic heterocycles. The van der Waals surface area contributed by atoms with E-state index in [1.54, 1.807) is 19.5 Å². The third-order valence-corrected chi connectivity index (χ3v) is 6.31. The van der Waals surface area contributed by atoms with Crippen LogP contribution in [0.1, 0.15) is 30.4 Å². The van der Waals surface area contributed by atoms with Crippen LogP contribution in [-0.4, -0.2) is 78.5 Å². The molecule has 32 heavy (non-hydrogen) atoms. The molecule has 0 radical (unpaired) electrons. The quantitative estimate of drug-likeness (QED) is 0.632. The van der Waals surface area contributed by atoms with Gasteiger partial charge in [0.2, 0.25) is 5.91 Å². The second kappa shape index (κ2) is 11.3. The van der Waals surface area contributed by atoms with E-state index in [0.29, 0.717) is 19.1 Å². The van der Waals surface area contributed by atoms with Gasteiger partial charge in [-0.05, 0) is 54.7 Å². The first-order valence-corrected chi connectivity index (χ1v) is 11.6. The lowest BCUT2D eigenvalue weighted by Crippen LogP contribution is -2.50. The van der Waals surface area contributed by atoms with Crippen molar-refractivity contribution in [2.24, 2.45) is 0 Å². The van der Waals surface area contributed by atoms with E-state index in [4.69, 9.17) is 9.47 Å². The predicted molar refractivity (Wildman–Crippen MR) is 124 cm³/mol. The van der Waals surface area contributed by atoms with Crippen LogP contribution in [-0.2, 0) is 17.9 Å². The Labute approximate surface area is 190 Å². The minimum absolute atomic E-state index is 0.297. The van der Waals surface area contributed by atoms with Crippen molar-refractivity contribution < 1.29 is 14.3 Å². The Morgan fingerprint density at radius 3 is 2.31 bits per heavy atom. The summed E-state index contributed by atoms with van der Waals surface area (Å²) >= 11 is 0. The molecule has 0 atom stereocenters. The van der Waals surface area contributed by atoms with Gasteiger partial charge < -0.3 is 14.4 Å². The Bertz CT molecular complexity index is 863. The summed E-state index contributed by atoms with van der Waals surface area (Å²) in [6.07, 6.45) is 7.09. The predicted octanol–water partition coefficient (Wildman–Crippen LogP) is 2.80. The van der Waals surface area contributed by atoms with Crippen LogP contribution in [0.4, 0.5) is 0 Å². The maximum absolute atomic E-state index is 12.5. The summed E-state index contributed by atoms with van der Waals surface area (Å²) in [7, 11) is 1.68. The molecule has 2 aromatic rings. The molecule has 2 aliphatic rings. The van der Waals surface area contributed by atoms with Crippen molar-refractivity contribution in [3.8, 4) is 11.5 Å². The van der Waals surface area contributed by atoms with Crippen molar-refractivity contribution >= 4 is 5.91 Å². The Kier molecular flexibility index (Phi) is 7.96. The largest absolute Gasteiger partial charge is 0.493 e. The number of aromatic nitrogens is 1. The smallest absolute Gasteiger partial charge is 0.236 e. The highest BCUT2D eigenvalue weighted by molar-refractivity contribution is 5.78. The van der Waals surface area contributed by atoms with Gasteiger partial charge in [-0.15, -0.1) is 0 Å². The van der Waals surface area contributed by atoms with Gasteiger partial charge in [0, 0.05) is 58.2 Å². The van der Waals surface area contributed by atoms with Crippen LogP contribution >= 0.6 is 0 Å². The number of nitrogens with zero attached hydrogens (tertiary/aromatic N) is 4. The van der Waals surface area contributed by atoms with Crippen molar-refractivity contribution in [1.82, 2.24) is 19.7 Å². The van der Waals surface area contributed by atoms with E-state index in [0.717, 1.165) is 75.7 Å². The van der Waals surface area contributed by atoms with E-state index in [1.807, 2.05) is 23.1 Å². The maximum atomic E-state index is 12.5. The number of carbonyl (C=O) groups is 1. The molecule has 0 bridgehead atoms. The van der Waals surface area contributed by atoms with E-state index in [-0.39, 0.29) is 0 Å². The number of piperidine rings is 1. The van der Waals surface area contributed by atoms with E-state index in [2.05, 4.69) is 26.9 Å². The summed E-state index contributed by atoms with van der Waals surface area (Å²) < 4.78 is 11.5. The lowest BCUT2D eigenvalue weighted by molar-refractivity contribution is -0.133. The minimum Gasteiger partial charge on any atom is -0.493 e. The summed E-state index contributed by atoms with van der Waals surface area (Å²) in [6, 6.07) is 10.1. The Hall–Kier alpha value is -2.64. The van der Waals surface area contributed by atoms with E-state index in [9.17, 15) is 4.79 Å². The molecule has 1 amide bonds. The van der Waals surface area contributed by atoms with Crippen LogP contribution in [0.2, 0.25) is 0 Å². The summed E-state index contributed by atoms with van der Waals surface area (Å²) in [5, 5.41) is 0. The SMILES string of the molecule is COc1cc(CN2CCN(CC(=O)N3CCCCC3)CC2)ccc1OCc1ccncc1. The number of piperazine rings is 1. The van der Waals surface area contributed by atoms with Crippen LogP contribution < -0.4 is 9.47 Å². The molecule has 0 N–H and O–H groups in total. The van der Waals surface area contributed by atoms with Gasteiger partial charge in [0.1, 0.15) is 6.61 Å². The third kappa shape index (κ3) is 6.20. The van der Waals surface area contributed by atoms with E-state index in [1.165, 1.54) is 12.0 Å².